The fourth-order valence-corrected chi connectivity index (χ4v) is 4.19. The fourth-order valence-electron chi connectivity index (χ4n) is 4.19. The number of nitrogens with one attached hydrogen (secondary N) is 4. The number of carbonyl (C=O) groups excluding carboxylic acids is 2. The van der Waals surface area contributed by atoms with Crippen molar-refractivity contribution < 1.29 is 14.3 Å². The third kappa shape index (κ3) is 6.30. The van der Waals surface area contributed by atoms with Crippen LogP contribution in [0.4, 0.5) is 27.0 Å². The minimum atomic E-state index is -0.442. The number of urea groups is 2. The molecule has 0 saturated heterocycles. The Bertz CT molecular complexity index is 1760. The summed E-state index contributed by atoms with van der Waals surface area (Å²) in [7, 11) is 1.50. The number of ether oxygens (including phenoxy) is 1. The molecule has 0 radical (unpaired) electrons. The second-order valence-corrected chi connectivity index (χ2v) is 10.7. The van der Waals surface area contributed by atoms with E-state index in [9.17, 15) is 9.59 Å². The number of aromatic nitrogens is 4. The zero-order valence-electron chi connectivity index (χ0n) is 24.0. The van der Waals surface area contributed by atoms with Crippen LogP contribution in [0.15, 0.2) is 79.0 Å². The summed E-state index contributed by atoms with van der Waals surface area (Å²) in [6.45, 7) is 8.26. The van der Waals surface area contributed by atoms with Gasteiger partial charge in [-0.25, -0.2) is 19.3 Å². The van der Waals surface area contributed by atoms with Crippen molar-refractivity contribution in [3.63, 3.8) is 0 Å². The van der Waals surface area contributed by atoms with Gasteiger partial charge >= 0.3 is 12.1 Å². The molecule has 0 aliphatic carbocycles. The van der Waals surface area contributed by atoms with Gasteiger partial charge in [0.2, 0.25) is 11.8 Å². The van der Waals surface area contributed by atoms with Crippen LogP contribution in [-0.4, -0.2) is 38.9 Å². The number of benzene rings is 3. The maximum atomic E-state index is 13.3. The van der Waals surface area contributed by atoms with Crippen molar-refractivity contribution in [1.82, 2.24) is 25.1 Å². The molecule has 0 aliphatic heterocycles. The van der Waals surface area contributed by atoms with Crippen LogP contribution < -0.4 is 26.0 Å². The topological polar surface area (TPSA) is 135 Å². The molecule has 0 fully saturated rings. The van der Waals surface area contributed by atoms with Crippen molar-refractivity contribution in [2.45, 2.75) is 33.1 Å². The van der Waals surface area contributed by atoms with Gasteiger partial charge in [-0.1, -0.05) is 62.7 Å². The third-order valence-corrected chi connectivity index (χ3v) is 6.43. The summed E-state index contributed by atoms with van der Waals surface area (Å²) in [4.78, 5) is 33.2. The van der Waals surface area contributed by atoms with Gasteiger partial charge in [0.05, 0.1) is 17.1 Å². The van der Waals surface area contributed by atoms with Crippen LogP contribution in [0.5, 0.6) is 11.6 Å². The van der Waals surface area contributed by atoms with Gasteiger partial charge in [0.15, 0.2) is 0 Å². The van der Waals surface area contributed by atoms with E-state index >= 15 is 0 Å². The number of hydrogen-bond donors (Lipinski definition) is 4. The molecule has 4 amide bonds. The monoisotopic (exact) mass is 564 g/mol. The molecule has 214 valence electrons. The first-order valence-electron chi connectivity index (χ1n) is 13.4. The van der Waals surface area contributed by atoms with E-state index in [0.717, 1.165) is 27.7 Å². The number of fused-ring (bicyclic) bond motifs is 1. The summed E-state index contributed by atoms with van der Waals surface area (Å²) in [5.74, 6) is 1.42. The predicted molar refractivity (Wildman–Crippen MR) is 164 cm³/mol. The Balaban J connectivity index is 1.40. The van der Waals surface area contributed by atoms with E-state index in [2.05, 4.69) is 52.0 Å². The van der Waals surface area contributed by atoms with Crippen LogP contribution in [0.1, 0.15) is 32.0 Å². The van der Waals surface area contributed by atoms with Gasteiger partial charge < -0.3 is 15.4 Å². The van der Waals surface area contributed by atoms with E-state index in [1.165, 1.54) is 13.2 Å². The molecule has 0 spiro atoms. The van der Waals surface area contributed by atoms with Crippen LogP contribution >= 0.6 is 0 Å². The second-order valence-electron chi connectivity index (χ2n) is 10.7. The summed E-state index contributed by atoms with van der Waals surface area (Å²) in [5.41, 5.74) is 3.21. The molecule has 5 aromatic rings. The zero-order valence-corrected chi connectivity index (χ0v) is 24.0. The summed E-state index contributed by atoms with van der Waals surface area (Å²) in [6.07, 6.45) is 1.49. The Morgan fingerprint density at radius 2 is 1.60 bits per heavy atom. The molecule has 0 aliphatic rings. The van der Waals surface area contributed by atoms with Crippen LogP contribution in [0.3, 0.4) is 0 Å². The van der Waals surface area contributed by atoms with Crippen molar-refractivity contribution in [1.29, 1.82) is 0 Å². The molecule has 0 atom stereocenters. The van der Waals surface area contributed by atoms with Gasteiger partial charge in [0.1, 0.15) is 11.6 Å². The molecule has 2 heterocycles. The molecular weight excluding hydrogens is 532 g/mol. The van der Waals surface area contributed by atoms with Crippen molar-refractivity contribution in [2.24, 2.45) is 0 Å². The van der Waals surface area contributed by atoms with Gasteiger partial charge in [0.25, 0.3) is 0 Å². The van der Waals surface area contributed by atoms with E-state index in [0.29, 0.717) is 17.3 Å². The molecule has 42 heavy (non-hydrogen) atoms. The maximum absolute atomic E-state index is 13.3. The standard InChI is InChI=1S/C31H32N8O3/c1-19-10-12-20(13-11-19)39-26(18-25(38-39)31(2,3)4)35-30(41)34-23-14-15-24(22-9-7-6-8-21(22)23)42-27-16-17-33-28(36-27)37-29(40)32-5/h6-18H,1-5H3,(H2,34,35,41)(H2,32,33,36,37,40). The largest absolute Gasteiger partial charge is 0.438 e. The number of amides is 4. The molecule has 0 unspecified atom stereocenters. The first kappa shape index (κ1) is 28.1. The number of rotatable bonds is 6. The van der Waals surface area contributed by atoms with Crippen molar-refractivity contribution in [2.75, 3.05) is 23.0 Å². The predicted octanol–water partition coefficient (Wildman–Crippen LogP) is 6.61. The van der Waals surface area contributed by atoms with E-state index in [1.54, 1.807) is 22.9 Å². The quantitative estimate of drug-likeness (QED) is 0.183. The highest BCUT2D eigenvalue weighted by molar-refractivity contribution is 6.07. The zero-order chi connectivity index (χ0) is 29.9. The van der Waals surface area contributed by atoms with E-state index in [-0.39, 0.29) is 17.2 Å². The van der Waals surface area contributed by atoms with Gasteiger partial charge in [-0.05, 0) is 31.2 Å². The smallest absolute Gasteiger partial charge is 0.324 e. The lowest BCUT2D eigenvalue weighted by molar-refractivity contribution is 0.253. The minimum absolute atomic E-state index is 0.102. The number of hydrogen-bond acceptors (Lipinski definition) is 6. The normalized spacial score (nSPS) is 11.2. The molecule has 11 nitrogen and oxygen atoms in total. The summed E-state index contributed by atoms with van der Waals surface area (Å²) >= 11 is 0. The Morgan fingerprint density at radius 1 is 0.857 bits per heavy atom. The fraction of sp³-hybridized carbons (Fsp3) is 0.194. The first-order chi connectivity index (χ1) is 20.1. The van der Waals surface area contributed by atoms with Crippen molar-refractivity contribution in [3.05, 3.63) is 90.3 Å². The summed E-state index contributed by atoms with van der Waals surface area (Å²) < 4.78 is 7.79. The maximum Gasteiger partial charge on any atom is 0.324 e. The molecule has 4 N–H and O–H groups in total. The average molecular weight is 565 g/mol. The Hall–Kier alpha value is -5.45. The molecular formula is C31H32N8O3. The number of nitrogens with zero attached hydrogens (tertiary/aromatic N) is 4. The van der Waals surface area contributed by atoms with Gasteiger partial charge in [-0.15, -0.1) is 0 Å². The van der Waals surface area contributed by atoms with E-state index < -0.39 is 12.1 Å². The summed E-state index contributed by atoms with van der Waals surface area (Å²) in [5, 5.41) is 17.2. The van der Waals surface area contributed by atoms with Crippen molar-refractivity contribution >= 4 is 40.3 Å². The molecule has 2 aromatic heterocycles. The number of aryl methyl sites for hydroxylation is 1. The van der Waals surface area contributed by atoms with E-state index in [4.69, 9.17) is 9.84 Å². The van der Waals surface area contributed by atoms with Crippen LogP contribution in [0.25, 0.3) is 16.5 Å². The van der Waals surface area contributed by atoms with Crippen LogP contribution in [0.2, 0.25) is 0 Å². The second kappa shape index (κ2) is 11.6. The van der Waals surface area contributed by atoms with Gasteiger partial charge in [-0.3, -0.25) is 10.6 Å². The Labute approximate surface area is 243 Å². The SMILES string of the molecule is CNC(=O)Nc1nccc(Oc2ccc(NC(=O)Nc3cc(C(C)(C)C)nn3-c3ccc(C)cc3)c3ccccc23)n1. The first-order valence-corrected chi connectivity index (χ1v) is 13.4. The summed E-state index contributed by atoms with van der Waals surface area (Å²) in [6, 6.07) is 21.6. The highest BCUT2D eigenvalue weighted by Gasteiger charge is 2.22. The van der Waals surface area contributed by atoms with Crippen LogP contribution in [0, 0.1) is 6.92 Å². The lowest BCUT2D eigenvalue weighted by Crippen LogP contribution is -2.25. The molecule has 0 saturated carbocycles. The van der Waals surface area contributed by atoms with Gasteiger partial charge in [0, 0.05) is 41.6 Å². The molecule has 5 rings (SSSR count). The molecule has 3 aromatic carbocycles. The number of carbonyl (C=O) groups is 2. The van der Waals surface area contributed by atoms with E-state index in [1.807, 2.05) is 61.5 Å². The highest BCUT2D eigenvalue weighted by atomic mass is 16.5. The third-order valence-electron chi connectivity index (χ3n) is 6.43. The Morgan fingerprint density at radius 3 is 2.31 bits per heavy atom. The number of anilines is 3. The minimum Gasteiger partial charge on any atom is -0.438 e. The molecule has 11 heteroatoms. The average Bonchev–Trinajstić information content (AvgIpc) is 3.39. The molecule has 0 bridgehead atoms. The Kier molecular flexibility index (Phi) is 7.74. The highest BCUT2D eigenvalue weighted by Crippen LogP contribution is 2.34. The van der Waals surface area contributed by atoms with Crippen molar-refractivity contribution in [3.8, 4) is 17.3 Å². The lowest BCUT2D eigenvalue weighted by atomic mass is 9.92. The van der Waals surface area contributed by atoms with Gasteiger partial charge in [-0.2, -0.15) is 10.1 Å². The van der Waals surface area contributed by atoms with Crippen LogP contribution in [-0.2, 0) is 5.41 Å². The lowest BCUT2D eigenvalue weighted by Gasteiger charge is -2.14.